The van der Waals surface area contributed by atoms with Crippen LogP contribution in [0.5, 0.6) is 5.75 Å². The van der Waals surface area contributed by atoms with Gasteiger partial charge in [0.2, 0.25) is 5.91 Å². The lowest BCUT2D eigenvalue weighted by molar-refractivity contribution is -0.117. The van der Waals surface area contributed by atoms with E-state index in [1.807, 2.05) is 30.5 Å². The van der Waals surface area contributed by atoms with E-state index < -0.39 is 6.04 Å². The quantitative estimate of drug-likeness (QED) is 0.742. The molecule has 110 valence electrons. The Kier molecular flexibility index (Phi) is 5.25. The van der Waals surface area contributed by atoms with Crippen molar-refractivity contribution in [1.29, 1.82) is 0 Å². The Morgan fingerprint density at radius 2 is 2.00 bits per heavy atom. The third-order valence-corrected chi connectivity index (χ3v) is 3.79. The van der Waals surface area contributed by atoms with Crippen molar-refractivity contribution in [1.82, 2.24) is 0 Å². The minimum absolute atomic E-state index is 0.200. The minimum Gasteiger partial charge on any atom is -0.508 e. The van der Waals surface area contributed by atoms with E-state index in [4.69, 9.17) is 5.73 Å². The van der Waals surface area contributed by atoms with Gasteiger partial charge in [-0.15, -0.1) is 11.8 Å². The van der Waals surface area contributed by atoms with Crippen molar-refractivity contribution in [2.75, 3.05) is 11.6 Å². The number of amides is 1. The van der Waals surface area contributed by atoms with Gasteiger partial charge < -0.3 is 16.2 Å². The van der Waals surface area contributed by atoms with Crippen LogP contribution in [0.2, 0.25) is 0 Å². The highest BCUT2D eigenvalue weighted by Gasteiger charge is 2.14. The second-order valence-corrected chi connectivity index (χ2v) is 5.58. The summed E-state index contributed by atoms with van der Waals surface area (Å²) in [7, 11) is 0. The van der Waals surface area contributed by atoms with Gasteiger partial charge >= 0.3 is 0 Å². The molecule has 0 unspecified atom stereocenters. The van der Waals surface area contributed by atoms with Crippen LogP contribution in [0.3, 0.4) is 0 Å². The number of benzene rings is 2. The Balaban J connectivity index is 1.97. The Hall–Kier alpha value is -1.98. The Morgan fingerprint density at radius 1 is 1.29 bits per heavy atom. The molecule has 4 nitrogen and oxygen atoms in total. The van der Waals surface area contributed by atoms with Gasteiger partial charge in [-0.3, -0.25) is 4.79 Å². The van der Waals surface area contributed by atoms with Gasteiger partial charge in [-0.1, -0.05) is 18.2 Å². The summed E-state index contributed by atoms with van der Waals surface area (Å²) in [6.45, 7) is 0. The summed E-state index contributed by atoms with van der Waals surface area (Å²) in [5, 5.41) is 12.1. The molecule has 0 aliphatic heterocycles. The van der Waals surface area contributed by atoms with E-state index in [0.29, 0.717) is 6.42 Å². The van der Waals surface area contributed by atoms with E-state index in [1.54, 1.807) is 36.0 Å². The van der Waals surface area contributed by atoms with Crippen molar-refractivity contribution in [2.24, 2.45) is 5.73 Å². The fraction of sp³-hybridized carbons (Fsp3) is 0.188. The lowest BCUT2D eigenvalue weighted by atomic mass is 10.1. The third-order valence-electron chi connectivity index (χ3n) is 3.07. The Morgan fingerprint density at radius 3 is 2.67 bits per heavy atom. The summed E-state index contributed by atoms with van der Waals surface area (Å²) in [5.74, 6) is -0.0213. The average Bonchev–Trinajstić information content (AvgIpc) is 2.49. The number of phenolic OH excluding ortho intramolecular Hbond substituents is 1. The zero-order valence-electron chi connectivity index (χ0n) is 11.7. The predicted octanol–water partition coefficient (Wildman–Crippen LogP) is 2.62. The molecule has 2 aromatic rings. The number of rotatable bonds is 5. The molecule has 0 spiro atoms. The van der Waals surface area contributed by atoms with Crippen LogP contribution in [0, 0.1) is 0 Å². The van der Waals surface area contributed by atoms with Crippen molar-refractivity contribution in [3.05, 3.63) is 54.1 Å². The molecule has 2 rings (SSSR count). The number of anilines is 1. The van der Waals surface area contributed by atoms with E-state index in [1.165, 1.54) is 0 Å². The fourth-order valence-electron chi connectivity index (χ4n) is 1.91. The standard InChI is InChI=1S/C16H18N2O2S/c1-21-14-4-2-3-12(10-14)18-16(20)15(17)9-11-5-7-13(19)8-6-11/h2-8,10,15,19H,9,17H2,1H3,(H,18,20)/t15-/m1/s1. The number of aromatic hydroxyl groups is 1. The van der Waals surface area contributed by atoms with Gasteiger partial charge in [0.25, 0.3) is 0 Å². The molecule has 4 N–H and O–H groups in total. The number of thioether (sulfide) groups is 1. The van der Waals surface area contributed by atoms with Crippen molar-refractivity contribution in [3.63, 3.8) is 0 Å². The summed E-state index contributed by atoms with van der Waals surface area (Å²) in [4.78, 5) is 13.2. The summed E-state index contributed by atoms with van der Waals surface area (Å²) in [5.41, 5.74) is 7.58. The van der Waals surface area contributed by atoms with Gasteiger partial charge in [-0.05, 0) is 48.6 Å². The molecule has 0 radical (unpaired) electrons. The van der Waals surface area contributed by atoms with Crippen LogP contribution in [0.4, 0.5) is 5.69 Å². The molecule has 0 bridgehead atoms. The zero-order chi connectivity index (χ0) is 15.2. The largest absolute Gasteiger partial charge is 0.508 e. The molecule has 5 heteroatoms. The number of nitrogens with two attached hydrogens (primary N) is 1. The fourth-order valence-corrected chi connectivity index (χ4v) is 2.37. The average molecular weight is 302 g/mol. The Labute approximate surface area is 128 Å². The van der Waals surface area contributed by atoms with Gasteiger partial charge in [0.1, 0.15) is 5.75 Å². The second-order valence-electron chi connectivity index (χ2n) is 4.70. The summed E-state index contributed by atoms with van der Waals surface area (Å²) < 4.78 is 0. The molecular weight excluding hydrogens is 284 g/mol. The first-order valence-electron chi connectivity index (χ1n) is 6.57. The summed E-state index contributed by atoms with van der Waals surface area (Å²) >= 11 is 1.62. The van der Waals surface area contributed by atoms with Crippen LogP contribution in [-0.4, -0.2) is 23.3 Å². The SMILES string of the molecule is CSc1cccc(NC(=O)[C@H](N)Cc2ccc(O)cc2)c1. The first-order valence-corrected chi connectivity index (χ1v) is 7.79. The highest BCUT2D eigenvalue weighted by Crippen LogP contribution is 2.19. The lowest BCUT2D eigenvalue weighted by Crippen LogP contribution is -2.37. The van der Waals surface area contributed by atoms with Crippen LogP contribution in [0.25, 0.3) is 0 Å². The molecule has 0 heterocycles. The third kappa shape index (κ3) is 4.51. The van der Waals surface area contributed by atoms with E-state index in [0.717, 1.165) is 16.1 Å². The second kappa shape index (κ2) is 7.15. The number of carbonyl (C=O) groups excluding carboxylic acids is 1. The van der Waals surface area contributed by atoms with E-state index in [2.05, 4.69) is 5.32 Å². The molecule has 0 aliphatic rings. The van der Waals surface area contributed by atoms with Crippen molar-refractivity contribution in [2.45, 2.75) is 17.4 Å². The normalized spacial score (nSPS) is 11.9. The van der Waals surface area contributed by atoms with Crippen LogP contribution in [-0.2, 0) is 11.2 Å². The maximum Gasteiger partial charge on any atom is 0.241 e. The summed E-state index contributed by atoms with van der Waals surface area (Å²) in [6.07, 6.45) is 2.41. The van der Waals surface area contributed by atoms with Gasteiger partial charge in [0.15, 0.2) is 0 Å². The molecule has 1 atom stereocenters. The topological polar surface area (TPSA) is 75.4 Å². The number of hydrogen-bond acceptors (Lipinski definition) is 4. The van der Waals surface area contributed by atoms with Crippen LogP contribution < -0.4 is 11.1 Å². The molecule has 0 aromatic heterocycles. The van der Waals surface area contributed by atoms with Crippen LogP contribution in [0.15, 0.2) is 53.4 Å². The maximum atomic E-state index is 12.1. The monoisotopic (exact) mass is 302 g/mol. The molecule has 1 amide bonds. The predicted molar refractivity (Wildman–Crippen MR) is 86.6 cm³/mol. The summed E-state index contributed by atoms with van der Waals surface area (Å²) in [6, 6.07) is 13.7. The highest BCUT2D eigenvalue weighted by atomic mass is 32.2. The van der Waals surface area contributed by atoms with Crippen molar-refractivity contribution >= 4 is 23.4 Å². The lowest BCUT2D eigenvalue weighted by Gasteiger charge is -2.13. The van der Waals surface area contributed by atoms with Gasteiger partial charge in [-0.2, -0.15) is 0 Å². The molecule has 0 fully saturated rings. The number of carbonyl (C=O) groups is 1. The smallest absolute Gasteiger partial charge is 0.241 e. The first kappa shape index (κ1) is 15.4. The molecule has 0 aliphatic carbocycles. The van der Waals surface area contributed by atoms with E-state index >= 15 is 0 Å². The van der Waals surface area contributed by atoms with Gasteiger partial charge in [0.05, 0.1) is 6.04 Å². The molecular formula is C16H18N2O2S. The van der Waals surface area contributed by atoms with E-state index in [-0.39, 0.29) is 11.7 Å². The minimum atomic E-state index is -0.632. The maximum absolute atomic E-state index is 12.1. The first-order chi connectivity index (χ1) is 10.1. The number of nitrogens with one attached hydrogen (secondary N) is 1. The van der Waals surface area contributed by atoms with Gasteiger partial charge in [-0.25, -0.2) is 0 Å². The van der Waals surface area contributed by atoms with Crippen molar-refractivity contribution in [3.8, 4) is 5.75 Å². The van der Waals surface area contributed by atoms with Crippen molar-refractivity contribution < 1.29 is 9.90 Å². The van der Waals surface area contributed by atoms with Gasteiger partial charge in [0, 0.05) is 10.6 Å². The molecule has 0 saturated heterocycles. The zero-order valence-corrected chi connectivity index (χ0v) is 12.6. The molecule has 21 heavy (non-hydrogen) atoms. The van der Waals surface area contributed by atoms with E-state index in [9.17, 15) is 9.90 Å². The Bertz CT molecular complexity index is 614. The van der Waals surface area contributed by atoms with Crippen LogP contribution >= 0.6 is 11.8 Å². The number of phenols is 1. The number of hydrogen-bond donors (Lipinski definition) is 3. The molecule has 2 aromatic carbocycles. The van der Waals surface area contributed by atoms with Crippen LogP contribution in [0.1, 0.15) is 5.56 Å². The highest BCUT2D eigenvalue weighted by molar-refractivity contribution is 7.98. The molecule has 0 saturated carbocycles.